The van der Waals surface area contributed by atoms with Gasteiger partial charge in [-0.3, -0.25) is 14.5 Å². The van der Waals surface area contributed by atoms with Gasteiger partial charge in [0.05, 0.1) is 17.8 Å². The van der Waals surface area contributed by atoms with Crippen LogP contribution in [0.25, 0.3) is 0 Å². The van der Waals surface area contributed by atoms with Crippen LogP contribution in [0, 0.1) is 34.5 Å². The quantitative estimate of drug-likeness (QED) is 0.313. The van der Waals surface area contributed by atoms with Crippen molar-refractivity contribution in [1.82, 2.24) is 4.90 Å². The molecule has 7 rings (SSSR count). The third kappa shape index (κ3) is 5.37. The van der Waals surface area contributed by atoms with Crippen LogP contribution in [0.1, 0.15) is 101 Å². The van der Waals surface area contributed by atoms with Crippen molar-refractivity contribution in [3.8, 4) is 0 Å². The number of ketones is 2. The molecule has 5 fully saturated rings. The van der Waals surface area contributed by atoms with Crippen molar-refractivity contribution in [3.63, 3.8) is 0 Å². The summed E-state index contributed by atoms with van der Waals surface area (Å²) in [6.07, 6.45) is 11.9. The van der Waals surface area contributed by atoms with Crippen molar-refractivity contribution in [1.29, 1.82) is 0 Å². The molecule has 0 radical (unpaired) electrons. The van der Waals surface area contributed by atoms with E-state index >= 15 is 0 Å². The van der Waals surface area contributed by atoms with Gasteiger partial charge in [0.2, 0.25) is 5.78 Å². The first kappa shape index (κ1) is 33.8. The number of hydrogen-bond acceptors (Lipinski definition) is 8. The van der Waals surface area contributed by atoms with Gasteiger partial charge in [-0.25, -0.2) is 4.79 Å². The molecule has 260 valence electrons. The molecule has 1 N–H and O–H groups in total. The summed E-state index contributed by atoms with van der Waals surface area (Å²) < 4.78 is 19.6. The summed E-state index contributed by atoms with van der Waals surface area (Å²) in [5, 5.41) is 12.1. The number of benzene rings is 1. The highest BCUT2D eigenvalue weighted by atomic mass is 16.7. The molecule has 0 bridgehead atoms. The number of esters is 1. The second-order valence-electron chi connectivity index (χ2n) is 15.9. The standard InChI is InChI=1S/C40H53NO7/c1-5-41(6-2)23-25-11-10-14-27(19-25)36(45)46-24-33(44)40-34(47-37(48-40)26-12-8-7-9-13-26)21-31-30-16-15-28-20-29(42)17-18-38(28,3)35(30)32(43)22-39(31,40)4/h10-11,14,17-20,26,30-32,34-35,37,43H,5-9,12-13,15-16,21-24H2,1-4H3/t30-,31-,32-,34+,35?,37+,38-,39-,40+/m0/s1. The van der Waals surface area contributed by atoms with Gasteiger partial charge in [-0.15, -0.1) is 0 Å². The molecular weight excluding hydrogens is 606 g/mol. The van der Waals surface area contributed by atoms with Crippen LogP contribution < -0.4 is 0 Å². The van der Waals surface area contributed by atoms with Crippen molar-refractivity contribution >= 4 is 17.5 Å². The Kier molecular flexibility index (Phi) is 9.10. The fourth-order valence-corrected chi connectivity index (χ4v) is 11.0. The smallest absolute Gasteiger partial charge is 0.338 e. The number of aliphatic hydroxyl groups is 1. The van der Waals surface area contributed by atoms with Gasteiger partial charge in [0, 0.05) is 29.2 Å². The van der Waals surface area contributed by atoms with Crippen LogP contribution in [0.5, 0.6) is 0 Å². The zero-order valence-electron chi connectivity index (χ0n) is 29.1. The van der Waals surface area contributed by atoms with E-state index in [0.29, 0.717) is 18.4 Å². The van der Waals surface area contributed by atoms with Crippen molar-refractivity contribution < 1.29 is 33.7 Å². The summed E-state index contributed by atoms with van der Waals surface area (Å²) in [6, 6.07) is 7.45. The van der Waals surface area contributed by atoms with Crippen LogP contribution in [-0.4, -0.2) is 71.3 Å². The molecular formula is C40H53NO7. The third-order valence-corrected chi connectivity index (χ3v) is 13.5. The van der Waals surface area contributed by atoms with Crippen molar-refractivity contribution in [3.05, 3.63) is 59.2 Å². The summed E-state index contributed by atoms with van der Waals surface area (Å²) in [6.45, 7) is 10.7. The van der Waals surface area contributed by atoms with Crippen LogP contribution in [0.4, 0.5) is 0 Å². The Hall–Kier alpha value is -2.65. The molecule has 1 aromatic carbocycles. The van der Waals surface area contributed by atoms with Crippen molar-refractivity contribution in [2.75, 3.05) is 19.7 Å². The van der Waals surface area contributed by atoms with Gasteiger partial charge < -0.3 is 19.3 Å². The number of aliphatic hydroxyl groups excluding tert-OH is 1. The van der Waals surface area contributed by atoms with Gasteiger partial charge in [0.25, 0.3) is 0 Å². The summed E-state index contributed by atoms with van der Waals surface area (Å²) in [5.74, 6) is -0.422. The number of rotatable bonds is 9. The zero-order valence-corrected chi connectivity index (χ0v) is 29.1. The summed E-state index contributed by atoms with van der Waals surface area (Å²) >= 11 is 0. The molecule has 6 aliphatic rings. The molecule has 9 atom stereocenters. The first-order valence-corrected chi connectivity index (χ1v) is 18.5. The van der Waals surface area contributed by atoms with Gasteiger partial charge >= 0.3 is 5.97 Å². The maximum atomic E-state index is 14.7. The van der Waals surface area contributed by atoms with Crippen molar-refractivity contribution in [2.45, 2.75) is 116 Å². The first-order chi connectivity index (χ1) is 23.0. The van der Waals surface area contributed by atoms with E-state index in [1.54, 1.807) is 18.2 Å². The largest absolute Gasteiger partial charge is 0.454 e. The van der Waals surface area contributed by atoms with E-state index in [0.717, 1.165) is 69.3 Å². The maximum Gasteiger partial charge on any atom is 0.338 e. The van der Waals surface area contributed by atoms with Gasteiger partial charge in [-0.1, -0.05) is 70.7 Å². The Balaban J connectivity index is 1.16. The minimum atomic E-state index is -1.31. The first-order valence-electron chi connectivity index (χ1n) is 18.5. The maximum absolute atomic E-state index is 14.7. The van der Waals surface area contributed by atoms with E-state index in [1.165, 1.54) is 6.42 Å². The molecule has 8 nitrogen and oxygen atoms in total. The summed E-state index contributed by atoms with van der Waals surface area (Å²) in [5.41, 5.74) is 0.117. The Bertz CT molecular complexity index is 1490. The van der Waals surface area contributed by atoms with E-state index < -0.39 is 47.5 Å². The van der Waals surface area contributed by atoms with Gasteiger partial charge in [0.1, 0.15) is 0 Å². The van der Waals surface area contributed by atoms with Crippen molar-refractivity contribution in [2.24, 2.45) is 34.5 Å². The number of Topliss-reactive ketones (excluding diaryl/α,β-unsaturated/α-hetero) is 1. The fraction of sp³-hybridized carbons (Fsp3) is 0.675. The number of fused-ring (bicyclic) bond motifs is 7. The van der Waals surface area contributed by atoms with E-state index in [9.17, 15) is 19.5 Å². The van der Waals surface area contributed by atoms with Gasteiger partial charge in [0.15, 0.2) is 24.3 Å². The molecule has 4 saturated carbocycles. The minimum Gasteiger partial charge on any atom is -0.454 e. The molecule has 1 aromatic rings. The number of nitrogens with zero attached hydrogens (tertiary/aromatic N) is 1. The molecule has 0 spiro atoms. The monoisotopic (exact) mass is 659 g/mol. The van der Waals surface area contributed by atoms with Crippen LogP contribution in [0.3, 0.4) is 0 Å². The lowest BCUT2D eigenvalue weighted by atomic mass is 9.46. The number of carbonyl (C=O) groups excluding carboxylic acids is 3. The Morgan fingerprint density at radius 2 is 1.85 bits per heavy atom. The van der Waals surface area contributed by atoms with Crippen LogP contribution in [0.2, 0.25) is 0 Å². The number of allylic oxidation sites excluding steroid dienone is 4. The van der Waals surface area contributed by atoms with Gasteiger partial charge in [-0.2, -0.15) is 0 Å². The van der Waals surface area contributed by atoms with E-state index in [2.05, 4.69) is 32.6 Å². The second kappa shape index (κ2) is 12.9. The SMILES string of the molecule is CCN(CC)Cc1cccc(C(=O)OCC(=O)[C@@]23O[C@H](C4CCCCC4)O[C@@H]2C[C@H]2[C@@H]4CCC5=CC(=O)C=C[C@]5(C)C4[C@@H](O)C[C@@]23C)c1. The molecule has 48 heavy (non-hydrogen) atoms. The topological polar surface area (TPSA) is 102 Å². The Morgan fingerprint density at radius 3 is 2.60 bits per heavy atom. The highest BCUT2D eigenvalue weighted by molar-refractivity contribution is 6.01. The molecule has 1 aliphatic heterocycles. The normalized spacial score (nSPS) is 39.0. The molecule has 1 unspecified atom stereocenters. The lowest BCUT2D eigenvalue weighted by Crippen LogP contribution is -2.63. The predicted octanol–water partition coefficient (Wildman–Crippen LogP) is 6.20. The van der Waals surface area contributed by atoms with Crippen LogP contribution in [-0.2, 0) is 30.3 Å². The Morgan fingerprint density at radius 1 is 1.08 bits per heavy atom. The van der Waals surface area contributed by atoms with Gasteiger partial charge in [-0.05, 0) is 93.3 Å². The third-order valence-electron chi connectivity index (χ3n) is 13.5. The molecule has 0 amide bonds. The number of ether oxygens (including phenoxy) is 3. The lowest BCUT2D eigenvalue weighted by molar-refractivity contribution is -0.209. The highest BCUT2D eigenvalue weighted by Crippen LogP contribution is 2.70. The summed E-state index contributed by atoms with van der Waals surface area (Å²) in [7, 11) is 0. The lowest BCUT2D eigenvalue weighted by Gasteiger charge is -2.59. The highest BCUT2D eigenvalue weighted by Gasteiger charge is 2.76. The molecule has 1 saturated heterocycles. The predicted molar refractivity (Wildman–Crippen MR) is 181 cm³/mol. The van der Waals surface area contributed by atoms with E-state index in [1.807, 2.05) is 24.3 Å². The minimum absolute atomic E-state index is 0.0109. The van der Waals surface area contributed by atoms with Crippen LogP contribution in [0.15, 0.2) is 48.1 Å². The summed E-state index contributed by atoms with van der Waals surface area (Å²) in [4.78, 5) is 42.7. The fourth-order valence-electron chi connectivity index (χ4n) is 11.0. The zero-order chi connectivity index (χ0) is 33.8. The van der Waals surface area contributed by atoms with Crippen LogP contribution >= 0.6 is 0 Å². The number of hydrogen-bond donors (Lipinski definition) is 1. The second-order valence-corrected chi connectivity index (χ2v) is 15.9. The van der Waals surface area contributed by atoms with E-state index in [-0.39, 0.29) is 35.2 Å². The molecule has 0 aromatic heterocycles. The number of carbonyl (C=O) groups is 3. The average molecular weight is 660 g/mol. The Labute approximate surface area is 285 Å². The molecule has 8 heteroatoms. The molecule has 1 heterocycles. The average Bonchev–Trinajstić information content (AvgIpc) is 3.59. The van der Waals surface area contributed by atoms with E-state index in [4.69, 9.17) is 14.2 Å². The molecule has 5 aliphatic carbocycles.